The minimum absolute atomic E-state index is 0. The molecular formula is AlKS2. The summed E-state index contributed by atoms with van der Waals surface area (Å²) in [6.45, 7) is 0. The Labute approximate surface area is 93.6 Å². The van der Waals surface area contributed by atoms with Gasteiger partial charge in [-0.05, 0) is 0 Å². The van der Waals surface area contributed by atoms with Gasteiger partial charge in [-0.2, -0.15) is 0 Å². The molecule has 0 saturated heterocycles. The van der Waals surface area contributed by atoms with Gasteiger partial charge in [-0.15, -0.1) is 0 Å². The summed E-state index contributed by atoms with van der Waals surface area (Å²) in [6.07, 6.45) is 0. The van der Waals surface area contributed by atoms with E-state index >= 15 is 0 Å². The normalized spacial score (nSPS) is 0. The number of hydrogen-bond donors (Lipinski definition) is 0. The molecule has 4 heteroatoms. The molecular weight excluding hydrogens is 130 g/mol. The summed E-state index contributed by atoms with van der Waals surface area (Å²) in [6, 6.07) is 0. The van der Waals surface area contributed by atoms with Crippen LogP contribution in [0.3, 0.4) is 0 Å². The summed E-state index contributed by atoms with van der Waals surface area (Å²) in [5.41, 5.74) is 0. The smallest absolute Gasteiger partial charge is 2.00 e. The first-order valence-electron chi connectivity index (χ1n) is 0. The first-order chi connectivity index (χ1) is 0. The Hall–Kier alpha value is 2.87. The SMILES string of the molecule is [Al+3].[K+].[S-2].[S-2]. The van der Waals surface area contributed by atoms with Gasteiger partial charge >= 0.3 is 68.7 Å². The van der Waals surface area contributed by atoms with Crippen LogP contribution in [-0.4, -0.2) is 17.4 Å². The molecule has 0 aromatic rings. The van der Waals surface area contributed by atoms with Crippen molar-refractivity contribution >= 4 is 44.4 Å². The van der Waals surface area contributed by atoms with Crippen LogP contribution in [-0.2, 0) is 27.0 Å². The Balaban J connectivity index is 0. The van der Waals surface area contributed by atoms with Crippen LogP contribution < -0.4 is 51.4 Å². The van der Waals surface area contributed by atoms with Crippen molar-refractivity contribution in [3.63, 3.8) is 0 Å². The van der Waals surface area contributed by atoms with Gasteiger partial charge in [0.25, 0.3) is 0 Å². The summed E-state index contributed by atoms with van der Waals surface area (Å²) in [4.78, 5) is 0. The minimum atomic E-state index is 0. The maximum atomic E-state index is 0. The van der Waals surface area contributed by atoms with Crippen molar-refractivity contribution in [1.82, 2.24) is 0 Å². The fraction of sp³-hybridized carbons (Fsp3) is 0. The molecule has 0 unspecified atom stereocenters. The topological polar surface area (TPSA) is 0 Å². The Morgan fingerprint density at radius 3 is 0.750 bits per heavy atom. The zero-order valence-corrected chi connectivity index (χ0v) is 8.30. The van der Waals surface area contributed by atoms with Gasteiger partial charge in [0.1, 0.15) is 0 Å². The van der Waals surface area contributed by atoms with E-state index in [4.69, 9.17) is 0 Å². The van der Waals surface area contributed by atoms with Gasteiger partial charge in [-0.25, -0.2) is 0 Å². The molecule has 0 spiro atoms. The zero-order chi connectivity index (χ0) is 0. The maximum absolute atomic E-state index is 0. The monoisotopic (exact) mass is 130 g/mol. The van der Waals surface area contributed by atoms with Gasteiger partial charge in [0.2, 0.25) is 0 Å². The van der Waals surface area contributed by atoms with E-state index in [9.17, 15) is 0 Å². The van der Waals surface area contributed by atoms with Crippen molar-refractivity contribution in [2.75, 3.05) is 0 Å². The molecule has 0 atom stereocenters. The molecule has 0 aliphatic heterocycles. The molecule has 0 fully saturated rings. The second-order valence-electron chi connectivity index (χ2n) is 0. The van der Waals surface area contributed by atoms with Crippen LogP contribution >= 0.6 is 0 Å². The van der Waals surface area contributed by atoms with E-state index in [0.29, 0.717) is 0 Å². The molecule has 0 heterocycles. The van der Waals surface area contributed by atoms with Crippen molar-refractivity contribution in [3.8, 4) is 0 Å². The minimum Gasteiger partial charge on any atom is -2.00 e. The molecule has 4 heavy (non-hydrogen) atoms. The maximum Gasteiger partial charge on any atom is 3.00 e. The van der Waals surface area contributed by atoms with Gasteiger partial charge in [0.15, 0.2) is 0 Å². The zero-order valence-electron chi connectivity index (χ0n) is 2.39. The van der Waals surface area contributed by atoms with Gasteiger partial charge in [0.05, 0.1) is 0 Å². The molecule has 0 rings (SSSR count). The van der Waals surface area contributed by atoms with Crippen LogP contribution in [0.25, 0.3) is 0 Å². The first kappa shape index (κ1) is 28.7. The fourth-order valence-corrected chi connectivity index (χ4v) is 0. The van der Waals surface area contributed by atoms with Gasteiger partial charge in [-0.1, -0.05) is 0 Å². The predicted octanol–water partition coefficient (Wildman–Crippen LogP) is -3.38. The molecule has 16 valence electrons. The second kappa shape index (κ2) is 16.9. The third-order valence-corrected chi connectivity index (χ3v) is 0. The van der Waals surface area contributed by atoms with Crippen LogP contribution in [0.5, 0.6) is 0 Å². The molecule has 0 saturated carbocycles. The standard InChI is InChI=1S/Al.K.2S/q+3;+1;2*-2. The quantitative estimate of drug-likeness (QED) is 0.300. The van der Waals surface area contributed by atoms with E-state index in [1.165, 1.54) is 0 Å². The van der Waals surface area contributed by atoms with Crippen LogP contribution in [0, 0.1) is 0 Å². The van der Waals surface area contributed by atoms with Crippen molar-refractivity contribution < 1.29 is 51.4 Å². The largest absolute Gasteiger partial charge is 3.00 e. The third-order valence-electron chi connectivity index (χ3n) is 0. The fourth-order valence-electron chi connectivity index (χ4n) is 0. The van der Waals surface area contributed by atoms with E-state index in [-0.39, 0.29) is 95.7 Å². The molecule has 0 amide bonds. The molecule has 0 radical (unpaired) electrons. The van der Waals surface area contributed by atoms with Crippen LogP contribution in [0.4, 0.5) is 0 Å². The van der Waals surface area contributed by atoms with E-state index < -0.39 is 0 Å². The summed E-state index contributed by atoms with van der Waals surface area (Å²) in [5.74, 6) is 0. The number of rotatable bonds is 0. The molecule has 0 aromatic carbocycles. The Bertz CT molecular complexity index is 6.00. The number of hydrogen-bond acceptors (Lipinski definition) is 0. The molecule has 0 nitrogen and oxygen atoms in total. The first-order valence-corrected chi connectivity index (χ1v) is 0. The predicted molar refractivity (Wildman–Crippen MR) is 20.5 cm³/mol. The molecule has 0 N–H and O–H groups in total. The Morgan fingerprint density at radius 2 is 0.750 bits per heavy atom. The van der Waals surface area contributed by atoms with Gasteiger partial charge in [0, 0.05) is 0 Å². The van der Waals surface area contributed by atoms with Gasteiger partial charge in [-0.3, -0.25) is 0 Å². The van der Waals surface area contributed by atoms with E-state index in [0.717, 1.165) is 0 Å². The Morgan fingerprint density at radius 1 is 0.750 bits per heavy atom. The summed E-state index contributed by atoms with van der Waals surface area (Å²) in [5, 5.41) is 0. The molecule has 0 aliphatic carbocycles. The molecule has 0 aliphatic rings. The van der Waals surface area contributed by atoms with Crippen molar-refractivity contribution in [2.24, 2.45) is 0 Å². The summed E-state index contributed by atoms with van der Waals surface area (Å²) < 4.78 is 0. The van der Waals surface area contributed by atoms with Crippen LogP contribution in [0.1, 0.15) is 0 Å². The average Bonchev–Trinajstić information content (AvgIpc) is 0. The van der Waals surface area contributed by atoms with Crippen molar-refractivity contribution in [1.29, 1.82) is 0 Å². The third kappa shape index (κ3) is 8.85. The van der Waals surface area contributed by atoms with Gasteiger partial charge < -0.3 is 27.0 Å². The van der Waals surface area contributed by atoms with Crippen LogP contribution in [0.15, 0.2) is 0 Å². The van der Waals surface area contributed by atoms with Crippen LogP contribution in [0.2, 0.25) is 0 Å². The second-order valence-corrected chi connectivity index (χ2v) is 0. The van der Waals surface area contributed by atoms with E-state index in [1.54, 1.807) is 0 Å². The van der Waals surface area contributed by atoms with Crippen molar-refractivity contribution in [3.05, 3.63) is 0 Å². The van der Waals surface area contributed by atoms with E-state index in [1.807, 2.05) is 0 Å². The van der Waals surface area contributed by atoms with Crippen molar-refractivity contribution in [2.45, 2.75) is 0 Å². The average molecular weight is 130 g/mol. The summed E-state index contributed by atoms with van der Waals surface area (Å²) >= 11 is 0. The molecule has 0 bridgehead atoms. The Kier molecular flexibility index (Phi) is 121. The molecule has 0 aromatic heterocycles. The van der Waals surface area contributed by atoms with E-state index in [2.05, 4.69) is 0 Å². The summed E-state index contributed by atoms with van der Waals surface area (Å²) in [7, 11) is 0.